The van der Waals surface area contributed by atoms with Crippen LogP contribution >= 0.6 is 0 Å². The first-order valence-corrected chi connectivity index (χ1v) is 14.2. The number of carbonyl (C=O) groups is 2. The number of esters is 1. The number of carbonyl (C=O) groups excluding carboxylic acids is 2. The first-order valence-electron chi connectivity index (χ1n) is 14.2. The summed E-state index contributed by atoms with van der Waals surface area (Å²) >= 11 is 0. The van der Waals surface area contributed by atoms with E-state index in [1.165, 1.54) is 44.9 Å². The van der Waals surface area contributed by atoms with Gasteiger partial charge in [-0.25, -0.2) is 0 Å². The normalized spacial score (nSPS) is 12.0. The smallest absolute Gasteiger partial charge is 0.306 e. The molecule has 0 aliphatic carbocycles. The molecule has 1 aromatic rings. The summed E-state index contributed by atoms with van der Waals surface area (Å²) in [5.74, 6) is 0.105. The number of amides is 1. The van der Waals surface area contributed by atoms with Crippen LogP contribution in [-0.2, 0) is 31.6 Å². The minimum Gasteiger partial charge on any atom is -0.507 e. The zero-order valence-electron chi connectivity index (χ0n) is 24.2. The van der Waals surface area contributed by atoms with Crippen LogP contribution in [0.1, 0.15) is 136 Å². The van der Waals surface area contributed by atoms with Gasteiger partial charge in [0, 0.05) is 12.8 Å². The lowest BCUT2D eigenvalue weighted by Crippen LogP contribution is -2.27. The molecule has 2 N–H and O–H groups in total. The molecule has 1 aromatic carbocycles. The zero-order valence-corrected chi connectivity index (χ0v) is 24.2. The molecule has 5 heteroatoms. The first-order chi connectivity index (χ1) is 16.9. The van der Waals surface area contributed by atoms with Crippen LogP contribution in [0, 0.1) is 0 Å². The maximum absolute atomic E-state index is 12.3. The Morgan fingerprint density at radius 1 is 0.806 bits per heavy atom. The SMILES string of the molecule is CCCCCCCCCCCC(=O)NCCOC(=O)CCc1cc(C(C)(C)C)c(O)c(C(C)(C)C)c1. The molecule has 0 aliphatic heterocycles. The van der Waals surface area contributed by atoms with Gasteiger partial charge in [-0.05, 0) is 40.4 Å². The fourth-order valence-corrected chi connectivity index (χ4v) is 4.34. The number of ether oxygens (including phenoxy) is 1. The number of unbranched alkanes of at least 4 members (excludes halogenated alkanes) is 8. The van der Waals surface area contributed by atoms with Crippen LogP contribution < -0.4 is 5.32 Å². The fourth-order valence-electron chi connectivity index (χ4n) is 4.34. The van der Waals surface area contributed by atoms with E-state index in [-0.39, 0.29) is 35.7 Å². The number of aryl methyl sites for hydroxylation is 1. The van der Waals surface area contributed by atoms with E-state index in [0.717, 1.165) is 29.5 Å². The highest BCUT2D eigenvalue weighted by Gasteiger charge is 2.26. The molecule has 0 unspecified atom stereocenters. The van der Waals surface area contributed by atoms with E-state index < -0.39 is 0 Å². The van der Waals surface area contributed by atoms with Crippen LogP contribution in [0.15, 0.2) is 12.1 Å². The van der Waals surface area contributed by atoms with Gasteiger partial charge in [-0.2, -0.15) is 0 Å². The van der Waals surface area contributed by atoms with Gasteiger partial charge in [-0.3, -0.25) is 9.59 Å². The lowest BCUT2D eigenvalue weighted by atomic mass is 9.78. The van der Waals surface area contributed by atoms with Crippen LogP contribution in [0.5, 0.6) is 5.75 Å². The molecule has 1 rings (SSSR count). The highest BCUT2D eigenvalue weighted by atomic mass is 16.5. The number of nitrogens with one attached hydrogen (secondary N) is 1. The molecule has 1 amide bonds. The second-order valence-corrected chi connectivity index (χ2v) is 12.2. The topological polar surface area (TPSA) is 75.6 Å². The van der Waals surface area contributed by atoms with Gasteiger partial charge in [0.2, 0.25) is 5.91 Å². The third-order valence-electron chi connectivity index (χ3n) is 6.60. The third-order valence-corrected chi connectivity index (χ3v) is 6.60. The summed E-state index contributed by atoms with van der Waals surface area (Å²) in [6, 6.07) is 4.01. The van der Waals surface area contributed by atoms with Crippen LogP contribution in [-0.4, -0.2) is 30.1 Å². The predicted molar refractivity (Wildman–Crippen MR) is 150 cm³/mol. The molecule has 0 fully saturated rings. The van der Waals surface area contributed by atoms with Crippen LogP contribution in [0.25, 0.3) is 0 Å². The van der Waals surface area contributed by atoms with Crippen molar-refractivity contribution in [3.8, 4) is 5.75 Å². The molecule has 5 nitrogen and oxygen atoms in total. The largest absolute Gasteiger partial charge is 0.507 e. The predicted octanol–water partition coefficient (Wildman–Crippen LogP) is 7.50. The second kappa shape index (κ2) is 15.9. The summed E-state index contributed by atoms with van der Waals surface area (Å²) in [5, 5.41) is 13.7. The van der Waals surface area contributed by atoms with E-state index in [4.69, 9.17) is 4.74 Å². The van der Waals surface area contributed by atoms with E-state index in [9.17, 15) is 14.7 Å². The Morgan fingerprint density at radius 3 is 1.81 bits per heavy atom. The molecule has 0 heterocycles. The molecule has 0 radical (unpaired) electrons. The highest BCUT2D eigenvalue weighted by molar-refractivity contribution is 5.75. The Labute approximate surface area is 220 Å². The molecule has 0 saturated carbocycles. The third kappa shape index (κ3) is 12.8. The van der Waals surface area contributed by atoms with Gasteiger partial charge in [0.25, 0.3) is 0 Å². The van der Waals surface area contributed by atoms with E-state index in [2.05, 4.69) is 53.8 Å². The van der Waals surface area contributed by atoms with Gasteiger partial charge in [0.15, 0.2) is 0 Å². The molecule has 0 atom stereocenters. The molecule has 0 saturated heterocycles. The van der Waals surface area contributed by atoms with Crippen molar-refractivity contribution < 1.29 is 19.4 Å². The summed E-state index contributed by atoms with van der Waals surface area (Å²) in [7, 11) is 0. The second-order valence-electron chi connectivity index (χ2n) is 12.2. The van der Waals surface area contributed by atoms with Crippen LogP contribution in [0.3, 0.4) is 0 Å². The number of rotatable bonds is 16. The average molecular weight is 504 g/mol. The molecule has 0 bridgehead atoms. The van der Waals surface area contributed by atoms with Crippen molar-refractivity contribution in [3.63, 3.8) is 0 Å². The van der Waals surface area contributed by atoms with Crippen molar-refractivity contribution >= 4 is 11.9 Å². The van der Waals surface area contributed by atoms with Crippen molar-refractivity contribution in [3.05, 3.63) is 28.8 Å². The fraction of sp³-hybridized carbons (Fsp3) is 0.742. The summed E-state index contributed by atoms with van der Waals surface area (Å²) < 4.78 is 5.33. The number of benzene rings is 1. The number of phenols is 1. The average Bonchev–Trinajstić information content (AvgIpc) is 2.78. The molecule has 36 heavy (non-hydrogen) atoms. The maximum atomic E-state index is 12.3. The van der Waals surface area contributed by atoms with Gasteiger partial charge in [0.05, 0.1) is 6.54 Å². The van der Waals surface area contributed by atoms with E-state index in [1.807, 2.05) is 12.1 Å². The summed E-state index contributed by atoms with van der Waals surface area (Å²) in [5.41, 5.74) is 2.41. The Bertz CT molecular complexity index is 767. The minimum absolute atomic E-state index is 0.0301. The highest BCUT2D eigenvalue weighted by Crippen LogP contribution is 2.40. The van der Waals surface area contributed by atoms with Crippen molar-refractivity contribution in [1.29, 1.82) is 0 Å². The van der Waals surface area contributed by atoms with Crippen molar-refractivity contribution in [2.45, 2.75) is 136 Å². The van der Waals surface area contributed by atoms with Crippen molar-refractivity contribution in [2.24, 2.45) is 0 Å². The first kappa shape index (κ1) is 32.0. The quantitative estimate of drug-likeness (QED) is 0.181. The molecule has 206 valence electrons. The molecule has 0 aliphatic rings. The number of aromatic hydroxyl groups is 1. The van der Waals surface area contributed by atoms with Gasteiger partial charge in [-0.1, -0.05) is 112 Å². The van der Waals surface area contributed by atoms with Crippen molar-refractivity contribution in [1.82, 2.24) is 5.32 Å². The summed E-state index contributed by atoms with van der Waals surface area (Å²) in [6.07, 6.45) is 12.4. The number of phenolic OH excluding ortho intramolecular Hbond substituents is 1. The Morgan fingerprint density at radius 2 is 1.31 bits per heavy atom. The number of hydrogen-bond donors (Lipinski definition) is 2. The van der Waals surface area contributed by atoms with E-state index >= 15 is 0 Å². The molecule has 0 aromatic heterocycles. The monoisotopic (exact) mass is 503 g/mol. The Kier molecular flexibility index (Phi) is 14.2. The lowest BCUT2D eigenvalue weighted by Gasteiger charge is -2.28. The Hall–Kier alpha value is -2.04. The lowest BCUT2D eigenvalue weighted by molar-refractivity contribution is -0.143. The summed E-state index contributed by atoms with van der Waals surface area (Å²) in [6.45, 7) is 15.3. The molecule has 0 spiro atoms. The number of hydrogen-bond acceptors (Lipinski definition) is 4. The van der Waals surface area contributed by atoms with E-state index in [0.29, 0.717) is 25.1 Å². The van der Waals surface area contributed by atoms with E-state index in [1.54, 1.807) is 0 Å². The summed E-state index contributed by atoms with van der Waals surface area (Å²) in [4.78, 5) is 24.2. The minimum atomic E-state index is -0.272. The zero-order chi connectivity index (χ0) is 27.2. The van der Waals surface area contributed by atoms with Crippen molar-refractivity contribution in [2.75, 3.05) is 13.2 Å². The molecular formula is C31H53NO4. The standard InChI is InChI=1S/C31H53NO4/c1-8-9-10-11-12-13-14-15-16-17-27(33)32-20-21-36-28(34)19-18-24-22-25(30(2,3)4)29(35)26(23-24)31(5,6)7/h22-23,35H,8-21H2,1-7H3,(H,32,33). The van der Waals surface area contributed by atoms with Gasteiger partial charge in [-0.15, -0.1) is 0 Å². The Balaban J connectivity index is 2.31. The molecular weight excluding hydrogens is 450 g/mol. The van der Waals surface area contributed by atoms with Gasteiger partial charge < -0.3 is 15.2 Å². The van der Waals surface area contributed by atoms with Crippen LogP contribution in [0.2, 0.25) is 0 Å². The van der Waals surface area contributed by atoms with Crippen LogP contribution in [0.4, 0.5) is 0 Å². The van der Waals surface area contributed by atoms with Gasteiger partial charge in [0.1, 0.15) is 12.4 Å². The van der Waals surface area contributed by atoms with Gasteiger partial charge >= 0.3 is 5.97 Å². The maximum Gasteiger partial charge on any atom is 0.306 e.